The van der Waals surface area contributed by atoms with Gasteiger partial charge < -0.3 is 21.3 Å². The average Bonchev–Trinajstić information content (AvgIpc) is 2.30. The van der Waals surface area contributed by atoms with E-state index in [-0.39, 0.29) is 17.9 Å². The maximum Gasteiger partial charge on any atom is 0.340 e. The van der Waals surface area contributed by atoms with Crippen molar-refractivity contribution in [2.45, 2.75) is 13.8 Å². The summed E-state index contributed by atoms with van der Waals surface area (Å²) in [7, 11) is 0. The maximum atomic E-state index is 13.2. The number of benzene rings is 1. The van der Waals surface area contributed by atoms with Gasteiger partial charge in [0, 0.05) is 18.6 Å². The summed E-state index contributed by atoms with van der Waals surface area (Å²) in [5.74, 6) is -2.06. The van der Waals surface area contributed by atoms with E-state index in [1.807, 2.05) is 13.8 Å². The van der Waals surface area contributed by atoms with Crippen molar-refractivity contribution in [2.75, 3.05) is 24.2 Å². The van der Waals surface area contributed by atoms with Crippen LogP contribution in [0.3, 0.4) is 0 Å². The summed E-state index contributed by atoms with van der Waals surface area (Å²) in [6, 6.07) is 2.43. The molecule has 0 aromatic heterocycles. The zero-order chi connectivity index (χ0) is 13.9. The van der Waals surface area contributed by atoms with Crippen molar-refractivity contribution in [3.05, 3.63) is 23.5 Å². The lowest BCUT2D eigenvalue weighted by atomic mass is 9.94. The first kappa shape index (κ1) is 14.2. The predicted octanol–water partition coefficient (Wildman–Crippen LogP) is 1.54. The average molecular weight is 256 g/mol. The smallest absolute Gasteiger partial charge is 0.340 e. The van der Waals surface area contributed by atoms with Crippen molar-refractivity contribution in [2.24, 2.45) is 5.41 Å². The maximum absolute atomic E-state index is 13.2. The molecule has 0 aliphatic heterocycles. The topological polar surface area (TPSA) is 95.6 Å². The molecular formula is C12H17FN2O3. The molecule has 0 aliphatic carbocycles. The number of aromatic carboxylic acids is 1. The summed E-state index contributed by atoms with van der Waals surface area (Å²) >= 11 is 0. The van der Waals surface area contributed by atoms with E-state index in [0.717, 1.165) is 6.07 Å². The Kier molecular flexibility index (Phi) is 4.13. The van der Waals surface area contributed by atoms with Crippen LogP contribution in [0, 0.1) is 11.2 Å². The molecule has 0 spiro atoms. The number of nitrogens with one attached hydrogen (secondary N) is 1. The molecule has 0 aliphatic rings. The van der Waals surface area contributed by atoms with Crippen LogP contribution in [0.1, 0.15) is 24.2 Å². The van der Waals surface area contributed by atoms with Gasteiger partial charge in [-0.25, -0.2) is 9.18 Å². The Morgan fingerprint density at radius 3 is 2.61 bits per heavy atom. The molecule has 0 bridgehead atoms. The van der Waals surface area contributed by atoms with Crippen LogP contribution >= 0.6 is 0 Å². The van der Waals surface area contributed by atoms with Gasteiger partial charge in [-0.05, 0) is 12.1 Å². The van der Waals surface area contributed by atoms with E-state index in [9.17, 15) is 9.18 Å². The molecule has 18 heavy (non-hydrogen) atoms. The van der Waals surface area contributed by atoms with Crippen LogP contribution in [-0.2, 0) is 0 Å². The third kappa shape index (κ3) is 3.10. The second-order valence-electron chi connectivity index (χ2n) is 4.86. The first-order chi connectivity index (χ1) is 8.28. The van der Waals surface area contributed by atoms with Crippen molar-refractivity contribution in [3.63, 3.8) is 0 Å². The molecule has 0 radical (unpaired) electrons. The molecule has 1 rings (SSSR count). The first-order valence-corrected chi connectivity index (χ1v) is 5.44. The van der Waals surface area contributed by atoms with E-state index in [2.05, 4.69) is 5.32 Å². The van der Waals surface area contributed by atoms with Crippen LogP contribution in [0.25, 0.3) is 0 Å². The number of rotatable bonds is 5. The highest BCUT2D eigenvalue weighted by atomic mass is 19.1. The lowest BCUT2D eigenvalue weighted by Crippen LogP contribution is -2.27. The largest absolute Gasteiger partial charge is 0.478 e. The van der Waals surface area contributed by atoms with Crippen LogP contribution in [0.4, 0.5) is 15.8 Å². The minimum atomic E-state index is -1.30. The van der Waals surface area contributed by atoms with Gasteiger partial charge in [0.25, 0.3) is 0 Å². The molecule has 100 valence electrons. The number of hydrogen-bond donors (Lipinski definition) is 4. The van der Waals surface area contributed by atoms with Crippen LogP contribution < -0.4 is 11.1 Å². The van der Waals surface area contributed by atoms with Crippen molar-refractivity contribution in [1.29, 1.82) is 0 Å². The van der Waals surface area contributed by atoms with E-state index in [1.54, 1.807) is 0 Å². The van der Waals surface area contributed by atoms with Gasteiger partial charge in [-0.2, -0.15) is 0 Å². The predicted molar refractivity (Wildman–Crippen MR) is 67.1 cm³/mol. The van der Waals surface area contributed by atoms with Crippen LogP contribution in [0.2, 0.25) is 0 Å². The minimum Gasteiger partial charge on any atom is -0.478 e. The molecule has 0 saturated carbocycles. The number of nitrogens with two attached hydrogens (primary N) is 1. The lowest BCUT2D eigenvalue weighted by Gasteiger charge is -2.23. The van der Waals surface area contributed by atoms with Gasteiger partial charge in [-0.15, -0.1) is 0 Å². The van der Waals surface area contributed by atoms with Gasteiger partial charge in [0.15, 0.2) is 0 Å². The SMILES string of the molecule is CC(C)(CO)CNc1ccc(F)c(N)c1C(=O)O. The Morgan fingerprint density at radius 2 is 2.11 bits per heavy atom. The Labute approximate surface area is 104 Å². The van der Waals surface area contributed by atoms with E-state index in [1.165, 1.54) is 6.07 Å². The lowest BCUT2D eigenvalue weighted by molar-refractivity contribution is 0.0698. The summed E-state index contributed by atoms with van der Waals surface area (Å²) in [5.41, 5.74) is 4.55. The minimum absolute atomic E-state index is 0.0565. The first-order valence-electron chi connectivity index (χ1n) is 5.44. The highest BCUT2D eigenvalue weighted by Crippen LogP contribution is 2.26. The third-order valence-corrected chi connectivity index (χ3v) is 2.59. The molecule has 0 heterocycles. The van der Waals surface area contributed by atoms with Crippen LogP contribution in [0.15, 0.2) is 12.1 Å². The van der Waals surface area contributed by atoms with Gasteiger partial charge in [-0.3, -0.25) is 0 Å². The van der Waals surface area contributed by atoms with Crippen molar-refractivity contribution in [3.8, 4) is 0 Å². The summed E-state index contributed by atoms with van der Waals surface area (Å²) < 4.78 is 13.2. The fourth-order valence-corrected chi connectivity index (χ4v) is 1.36. The highest BCUT2D eigenvalue weighted by Gasteiger charge is 2.20. The Morgan fingerprint density at radius 1 is 1.50 bits per heavy atom. The van der Waals surface area contributed by atoms with E-state index >= 15 is 0 Å². The van der Waals surface area contributed by atoms with E-state index in [0.29, 0.717) is 6.54 Å². The van der Waals surface area contributed by atoms with Crippen LogP contribution in [0.5, 0.6) is 0 Å². The van der Waals surface area contributed by atoms with Gasteiger partial charge >= 0.3 is 5.97 Å². The number of halogens is 1. The van der Waals surface area contributed by atoms with E-state index in [4.69, 9.17) is 15.9 Å². The van der Waals surface area contributed by atoms with Gasteiger partial charge in [0.05, 0.1) is 11.4 Å². The highest BCUT2D eigenvalue weighted by molar-refractivity contribution is 6.00. The van der Waals surface area contributed by atoms with Crippen molar-refractivity contribution >= 4 is 17.3 Å². The molecule has 1 aromatic rings. The molecule has 0 amide bonds. The Bertz CT molecular complexity index is 461. The fourth-order valence-electron chi connectivity index (χ4n) is 1.36. The van der Waals surface area contributed by atoms with Gasteiger partial charge in [0.2, 0.25) is 0 Å². The van der Waals surface area contributed by atoms with Crippen molar-refractivity contribution in [1.82, 2.24) is 0 Å². The monoisotopic (exact) mass is 256 g/mol. The van der Waals surface area contributed by atoms with E-state index < -0.39 is 22.9 Å². The Hall–Kier alpha value is -1.82. The number of hydrogen-bond acceptors (Lipinski definition) is 4. The molecular weight excluding hydrogens is 239 g/mol. The number of aliphatic hydroxyl groups excluding tert-OH is 1. The summed E-state index contributed by atoms with van der Waals surface area (Å²) in [6.07, 6.45) is 0. The number of carboxylic acids is 1. The molecule has 0 unspecified atom stereocenters. The summed E-state index contributed by atoms with van der Waals surface area (Å²) in [4.78, 5) is 11.1. The standard InChI is InChI=1S/C12H17FN2O3/c1-12(2,6-16)5-15-8-4-3-7(13)10(14)9(8)11(17)18/h3-4,15-16H,5-6,14H2,1-2H3,(H,17,18). The zero-order valence-electron chi connectivity index (χ0n) is 10.3. The molecule has 0 atom stereocenters. The van der Waals surface area contributed by atoms with Gasteiger partial charge in [0.1, 0.15) is 11.4 Å². The molecule has 0 saturated heterocycles. The fraction of sp³-hybridized carbons (Fsp3) is 0.417. The third-order valence-electron chi connectivity index (χ3n) is 2.59. The number of nitrogen functional groups attached to an aromatic ring is 1. The summed E-state index contributed by atoms with van der Waals surface area (Å²) in [5, 5.41) is 21.0. The zero-order valence-corrected chi connectivity index (χ0v) is 10.3. The molecule has 5 N–H and O–H groups in total. The second kappa shape index (κ2) is 5.22. The molecule has 6 heteroatoms. The molecule has 1 aromatic carbocycles. The summed E-state index contributed by atoms with van der Waals surface area (Å²) in [6.45, 7) is 3.91. The van der Waals surface area contributed by atoms with Crippen molar-refractivity contribution < 1.29 is 19.4 Å². The molecule has 5 nitrogen and oxygen atoms in total. The molecule has 0 fully saturated rings. The second-order valence-corrected chi connectivity index (χ2v) is 4.86. The number of anilines is 2. The quantitative estimate of drug-likeness (QED) is 0.599. The normalized spacial score (nSPS) is 11.3. The Balaban J connectivity index is 3.03. The number of carbonyl (C=O) groups is 1. The number of aliphatic hydroxyl groups is 1. The van der Waals surface area contributed by atoms with Gasteiger partial charge in [-0.1, -0.05) is 13.8 Å². The number of carboxylic acid groups (broad SMARTS) is 1. The van der Waals surface area contributed by atoms with Crippen LogP contribution in [-0.4, -0.2) is 29.3 Å².